The highest BCUT2D eigenvalue weighted by Crippen LogP contribution is 2.26. The first kappa shape index (κ1) is 33.8. The summed E-state index contributed by atoms with van der Waals surface area (Å²) >= 11 is 5.15. The number of piperidine rings is 1. The van der Waals surface area contributed by atoms with Crippen LogP contribution in [-0.2, 0) is 11.2 Å². The number of thiocarbonyl (C=S) groups is 1. The van der Waals surface area contributed by atoms with Crippen molar-refractivity contribution in [2.24, 2.45) is 0 Å². The lowest BCUT2D eigenvalue weighted by atomic mass is 10.0. The summed E-state index contributed by atoms with van der Waals surface area (Å²) in [5, 5.41) is 8.03. The summed E-state index contributed by atoms with van der Waals surface area (Å²) in [5.74, 6) is -1.33. The second-order valence-electron chi connectivity index (χ2n) is 11.2. The minimum absolute atomic E-state index is 0.000945. The van der Waals surface area contributed by atoms with Gasteiger partial charge in [0.05, 0.1) is 19.5 Å². The van der Waals surface area contributed by atoms with Gasteiger partial charge in [-0.05, 0) is 75.7 Å². The molecule has 1 aliphatic heterocycles. The quantitative estimate of drug-likeness (QED) is 0.235. The van der Waals surface area contributed by atoms with Crippen LogP contribution in [0.1, 0.15) is 24.8 Å². The van der Waals surface area contributed by atoms with Gasteiger partial charge in [-0.1, -0.05) is 12.1 Å². The van der Waals surface area contributed by atoms with Crippen molar-refractivity contribution in [3.05, 3.63) is 72.1 Å². The van der Waals surface area contributed by atoms with Gasteiger partial charge in [0.25, 0.3) is 0 Å². The number of nitrogens with zero attached hydrogens (tertiary/aromatic N) is 4. The highest BCUT2D eigenvalue weighted by Gasteiger charge is 2.30. The second-order valence-corrected chi connectivity index (χ2v) is 11.6. The maximum absolute atomic E-state index is 14.9. The summed E-state index contributed by atoms with van der Waals surface area (Å²) in [4.78, 5) is 38.7. The Balaban J connectivity index is 1.25. The monoisotopic (exact) mass is 641 g/mol. The number of nitrogens with one attached hydrogen (secondary N) is 4. The third-order valence-electron chi connectivity index (χ3n) is 7.46. The maximum atomic E-state index is 14.9. The van der Waals surface area contributed by atoms with E-state index in [-0.39, 0.29) is 46.7 Å². The molecule has 2 aromatic carbocycles. The molecule has 3 aromatic rings. The molecule has 4 N–H and O–H groups in total. The third-order valence-corrected chi connectivity index (χ3v) is 7.66. The molecule has 1 aromatic heterocycles. The molecule has 0 saturated carbocycles. The number of urea groups is 1. The molecule has 0 bridgehead atoms. The van der Waals surface area contributed by atoms with Gasteiger partial charge in [-0.2, -0.15) is 0 Å². The van der Waals surface area contributed by atoms with Crippen LogP contribution in [0.25, 0.3) is 0 Å². The Hall–Kier alpha value is -4.11. The number of amides is 3. The van der Waals surface area contributed by atoms with Crippen molar-refractivity contribution in [2.45, 2.75) is 31.7 Å². The first-order valence-electron chi connectivity index (χ1n) is 14.7. The zero-order chi connectivity index (χ0) is 32.3. The number of halogens is 2. The van der Waals surface area contributed by atoms with Gasteiger partial charge in [-0.3, -0.25) is 15.0 Å². The summed E-state index contributed by atoms with van der Waals surface area (Å²) in [6.07, 6.45) is 4.21. The molecule has 1 aliphatic rings. The molecule has 240 valence electrons. The number of quaternary nitrogens is 1. The Kier molecular flexibility index (Phi) is 12.2. The first-order valence-corrected chi connectivity index (χ1v) is 15.1. The molecule has 0 radical (unpaired) electrons. The maximum Gasteiger partial charge on any atom is 0.420 e. The lowest BCUT2D eigenvalue weighted by molar-refractivity contribution is -0.821. The van der Waals surface area contributed by atoms with E-state index in [0.29, 0.717) is 5.56 Å². The Morgan fingerprint density at radius 1 is 1.07 bits per heavy atom. The zero-order valence-corrected chi connectivity index (χ0v) is 26.4. The van der Waals surface area contributed by atoms with Gasteiger partial charge in [0.2, 0.25) is 11.8 Å². The smallest absolute Gasteiger partial charge is 0.420 e. The minimum atomic E-state index is -0.707. The third kappa shape index (κ3) is 10.8. The number of benzene rings is 2. The number of anilines is 2. The van der Waals surface area contributed by atoms with Crippen molar-refractivity contribution < 1.29 is 28.0 Å². The minimum Gasteiger partial charge on any atom is -0.436 e. The van der Waals surface area contributed by atoms with Gasteiger partial charge in [-0.25, -0.2) is 23.5 Å². The molecular weight excluding hydrogens is 602 g/mol. The Morgan fingerprint density at radius 2 is 1.80 bits per heavy atom. The molecule has 4 rings (SSSR count). The van der Waals surface area contributed by atoms with E-state index in [0.717, 1.165) is 56.4 Å². The number of carbonyl (C=O) groups excluding carboxylic acids is 2. The van der Waals surface area contributed by atoms with Crippen molar-refractivity contribution in [1.82, 2.24) is 25.1 Å². The number of hydrogen-bond acceptors (Lipinski definition) is 8. The first-order chi connectivity index (χ1) is 21.5. The van der Waals surface area contributed by atoms with E-state index in [1.54, 1.807) is 0 Å². The molecule has 1 fully saturated rings. The number of ether oxygens (including phenoxy) is 1. The zero-order valence-electron chi connectivity index (χ0n) is 25.6. The Morgan fingerprint density at radius 3 is 2.49 bits per heavy atom. The predicted octanol–water partition coefficient (Wildman–Crippen LogP) is 3.07. The van der Waals surface area contributed by atoms with Crippen molar-refractivity contribution in [1.29, 1.82) is 0 Å². The normalized spacial score (nSPS) is 14.5. The van der Waals surface area contributed by atoms with Crippen LogP contribution >= 0.6 is 12.2 Å². The molecule has 14 heteroatoms. The van der Waals surface area contributed by atoms with E-state index in [4.69, 9.17) is 17.0 Å². The van der Waals surface area contributed by atoms with Gasteiger partial charge >= 0.3 is 6.03 Å². The van der Waals surface area contributed by atoms with Crippen LogP contribution in [0.4, 0.5) is 25.1 Å². The summed E-state index contributed by atoms with van der Waals surface area (Å²) in [6.45, 7) is 4.05. The van der Waals surface area contributed by atoms with Crippen molar-refractivity contribution in [3.63, 3.8) is 0 Å². The standard InChI is InChI=1S/C31H38F2N8O3S/c1-39(2)13-4-14-41-15-11-24(12-16-41)40(3)31(43)37-27-19-29(35-20-34-27)44-26-10-9-23(18-25(26)33)36-30(45)38-28(42)17-21-5-7-22(32)8-6-21/h5-10,18-20,24H,4,11-17H2,1-3H3,(H,34,35,37,43)(H2,36,38,42,45)/p+1. The number of likely N-dealkylation sites (tertiary alicyclic amines) is 1. The van der Waals surface area contributed by atoms with Gasteiger partial charge in [0.15, 0.2) is 16.7 Å². The summed E-state index contributed by atoms with van der Waals surface area (Å²) in [5.41, 5.74) is 0.903. The fourth-order valence-electron chi connectivity index (χ4n) is 4.96. The average molecular weight is 642 g/mol. The fraction of sp³-hybridized carbons (Fsp3) is 0.387. The molecule has 2 heterocycles. The average Bonchev–Trinajstić information content (AvgIpc) is 2.99. The molecule has 0 spiro atoms. The van der Waals surface area contributed by atoms with E-state index < -0.39 is 17.5 Å². The molecule has 1 unspecified atom stereocenters. The van der Waals surface area contributed by atoms with Crippen molar-refractivity contribution >= 4 is 40.8 Å². The van der Waals surface area contributed by atoms with Gasteiger partial charge < -0.3 is 25.2 Å². The van der Waals surface area contributed by atoms with Crippen LogP contribution in [0, 0.1) is 11.6 Å². The summed E-state index contributed by atoms with van der Waals surface area (Å²) in [7, 11) is 6.01. The van der Waals surface area contributed by atoms with E-state index in [1.807, 2.05) is 7.05 Å². The molecule has 1 saturated heterocycles. The van der Waals surface area contributed by atoms with Crippen LogP contribution in [-0.4, -0.2) is 90.2 Å². The number of carbonyl (C=O) groups is 2. The molecule has 1 atom stereocenters. The molecular formula is C31H39F2N8O3S+. The van der Waals surface area contributed by atoms with Crippen molar-refractivity contribution in [3.8, 4) is 11.6 Å². The van der Waals surface area contributed by atoms with Gasteiger partial charge in [0, 0.05) is 43.8 Å². The van der Waals surface area contributed by atoms with E-state index >= 15 is 0 Å². The highest BCUT2D eigenvalue weighted by molar-refractivity contribution is 7.80. The van der Waals surface area contributed by atoms with Crippen LogP contribution in [0.2, 0.25) is 0 Å². The molecule has 3 amide bonds. The Bertz CT molecular complexity index is 1470. The van der Waals surface area contributed by atoms with Crippen LogP contribution in [0.3, 0.4) is 0 Å². The van der Waals surface area contributed by atoms with E-state index in [2.05, 4.69) is 49.8 Å². The van der Waals surface area contributed by atoms with E-state index in [9.17, 15) is 18.4 Å². The molecule has 45 heavy (non-hydrogen) atoms. The number of hydrogen-bond donors (Lipinski definition) is 4. The predicted molar refractivity (Wildman–Crippen MR) is 172 cm³/mol. The summed E-state index contributed by atoms with van der Waals surface area (Å²) in [6, 6.07) is 11.0. The van der Waals surface area contributed by atoms with E-state index in [1.165, 1.54) is 48.8 Å². The lowest BCUT2D eigenvalue weighted by Crippen LogP contribution is -3.16. The number of aromatic nitrogens is 2. The Labute approximate surface area is 267 Å². The SMILES string of the molecule is CN(C)CCCN1CCC([NH+](C)C(=O)Nc2cc(Oc3ccc(NC(=S)NC(=O)Cc4ccc(F)cc4)cc3F)ncn2)CC1. The fourth-order valence-corrected chi connectivity index (χ4v) is 5.19. The van der Waals surface area contributed by atoms with Gasteiger partial charge in [-0.15, -0.1) is 0 Å². The number of rotatable bonds is 11. The van der Waals surface area contributed by atoms with Crippen LogP contribution < -0.4 is 25.6 Å². The molecule has 11 nitrogen and oxygen atoms in total. The topological polar surface area (TPSA) is 116 Å². The van der Waals surface area contributed by atoms with Crippen LogP contribution in [0.15, 0.2) is 54.9 Å². The van der Waals surface area contributed by atoms with Crippen molar-refractivity contribution in [2.75, 3.05) is 58.0 Å². The highest BCUT2D eigenvalue weighted by atomic mass is 32.1. The second kappa shape index (κ2) is 16.3. The van der Waals surface area contributed by atoms with Crippen LogP contribution in [0.5, 0.6) is 11.6 Å². The lowest BCUT2D eigenvalue weighted by Gasteiger charge is -2.33. The summed E-state index contributed by atoms with van der Waals surface area (Å²) < 4.78 is 33.6. The van der Waals surface area contributed by atoms with Gasteiger partial charge in [0.1, 0.15) is 18.0 Å². The largest absolute Gasteiger partial charge is 0.436 e. The molecule has 0 aliphatic carbocycles.